The topological polar surface area (TPSA) is 82.1 Å². The van der Waals surface area contributed by atoms with Crippen molar-refractivity contribution in [1.82, 2.24) is 15.1 Å². The smallest absolute Gasteiger partial charge is 0.325 e. The molecule has 0 radical (unpaired) electrons. The summed E-state index contributed by atoms with van der Waals surface area (Å²) in [5, 5.41) is 13.5. The molecule has 7 nitrogen and oxygen atoms in total. The second-order valence-electron chi connectivity index (χ2n) is 8.35. The number of likely N-dealkylation sites (tertiary alicyclic amines) is 1. The second kappa shape index (κ2) is 9.08. The molecule has 164 valence electrons. The van der Waals surface area contributed by atoms with Crippen molar-refractivity contribution in [2.45, 2.75) is 52.1 Å². The van der Waals surface area contributed by atoms with Crippen molar-refractivity contribution < 1.29 is 19.4 Å². The number of aromatic hydroxyl groups is 1. The number of benzene rings is 1. The molecular weight excluding hydrogens is 382 g/mol. The fraction of sp³-hybridized carbons (Fsp3) is 0.565. The highest BCUT2D eigenvalue weighted by Gasteiger charge is 2.54. The molecular formula is C23H33N3O4. The molecule has 30 heavy (non-hydrogen) atoms. The zero-order chi connectivity index (χ0) is 21.9. The van der Waals surface area contributed by atoms with E-state index in [1.54, 1.807) is 6.07 Å². The molecule has 7 heteroatoms. The summed E-state index contributed by atoms with van der Waals surface area (Å²) in [4.78, 5) is 29.2. The number of urea groups is 1. The lowest BCUT2D eigenvalue weighted by Gasteiger charge is -2.40. The van der Waals surface area contributed by atoms with Gasteiger partial charge in [0.2, 0.25) is 0 Å². The Kier molecular flexibility index (Phi) is 6.71. The number of amides is 3. The van der Waals surface area contributed by atoms with Crippen LogP contribution in [0.1, 0.15) is 45.6 Å². The fourth-order valence-electron chi connectivity index (χ4n) is 4.66. The molecule has 1 aromatic carbocycles. The van der Waals surface area contributed by atoms with E-state index in [1.807, 2.05) is 32.9 Å². The molecule has 2 aliphatic heterocycles. The van der Waals surface area contributed by atoms with Crippen LogP contribution in [0.5, 0.6) is 11.5 Å². The first-order valence-corrected chi connectivity index (χ1v) is 10.8. The van der Waals surface area contributed by atoms with E-state index in [0.717, 1.165) is 37.1 Å². The van der Waals surface area contributed by atoms with Gasteiger partial charge in [0.1, 0.15) is 5.54 Å². The Labute approximate surface area is 178 Å². The number of carbonyl (C=O) groups excluding carboxylic acids is 2. The number of nitrogens with zero attached hydrogens (tertiary/aromatic N) is 2. The average molecular weight is 416 g/mol. The lowest BCUT2D eigenvalue weighted by molar-refractivity contribution is -0.134. The standard InChI is InChI=1S/C23H33N3O4/c1-5-23(21(28)26(14-16(3)4)22(29)24-23)18-10-12-25(13-11-18)15-17-8-7-9-19(20(17)27)30-6-2/h7-9,18,27H,3,5-6,10-15H2,1-2,4H3,(H,24,29)/t23-/m1/s1. The van der Waals surface area contributed by atoms with Crippen LogP contribution >= 0.6 is 0 Å². The second-order valence-corrected chi connectivity index (χ2v) is 8.35. The number of hydrogen-bond acceptors (Lipinski definition) is 5. The third-order valence-corrected chi connectivity index (χ3v) is 6.25. The number of phenols is 1. The SMILES string of the molecule is C=C(C)CN1C(=O)N[C@](CC)(C2CCN(Cc3cccc(OCC)c3O)CC2)C1=O. The van der Waals surface area contributed by atoms with E-state index < -0.39 is 5.54 Å². The first-order valence-electron chi connectivity index (χ1n) is 10.8. The van der Waals surface area contributed by atoms with Crippen molar-refractivity contribution in [3.05, 3.63) is 35.9 Å². The van der Waals surface area contributed by atoms with Gasteiger partial charge < -0.3 is 15.2 Å². The van der Waals surface area contributed by atoms with E-state index in [2.05, 4.69) is 16.8 Å². The molecule has 0 bridgehead atoms. The Morgan fingerprint density at radius 2 is 2.00 bits per heavy atom. The molecule has 0 saturated carbocycles. The van der Waals surface area contributed by atoms with Gasteiger partial charge in [0.25, 0.3) is 5.91 Å². The van der Waals surface area contributed by atoms with Gasteiger partial charge in [-0.2, -0.15) is 0 Å². The first kappa shape index (κ1) is 22.2. The number of para-hydroxylation sites is 1. The Balaban J connectivity index is 1.66. The van der Waals surface area contributed by atoms with Gasteiger partial charge in [-0.05, 0) is 58.2 Å². The van der Waals surface area contributed by atoms with E-state index >= 15 is 0 Å². The van der Waals surface area contributed by atoms with E-state index in [0.29, 0.717) is 25.3 Å². The maximum atomic E-state index is 13.2. The molecule has 0 unspecified atom stereocenters. The monoisotopic (exact) mass is 415 g/mol. The highest BCUT2D eigenvalue weighted by molar-refractivity contribution is 6.07. The van der Waals surface area contributed by atoms with Crippen LogP contribution in [0.15, 0.2) is 30.4 Å². The molecule has 3 rings (SSSR count). The summed E-state index contributed by atoms with van der Waals surface area (Å²) in [6.07, 6.45) is 2.20. The van der Waals surface area contributed by atoms with Crippen LogP contribution in [-0.4, -0.2) is 58.6 Å². The predicted octanol–water partition coefficient (Wildman–Crippen LogP) is 3.28. The highest BCUT2D eigenvalue weighted by atomic mass is 16.5. The number of nitrogens with one attached hydrogen (secondary N) is 1. The molecule has 1 atom stereocenters. The van der Waals surface area contributed by atoms with Gasteiger partial charge >= 0.3 is 6.03 Å². The van der Waals surface area contributed by atoms with E-state index in [9.17, 15) is 14.7 Å². The largest absolute Gasteiger partial charge is 0.504 e. The van der Waals surface area contributed by atoms with Crippen LogP contribution in [0.2, 0.25) is 0 Å². The van der Waals surface area contributed by atoms with Gasteiger partial charge in [-0.3, -0.25) is 14.6 Å². The molecule has 2 heterocycles. The summed E-state index contributed by atoms with van der Waals surface area (Å²) >= 11 is 0. The number of imide groups is 1. The lowest BCUT2D eigenvalue weighted by Crippen LogP contribution is -2.55. The van der Waals surface area contributed by atoms with Crippen molar-refractivity contribution >= 4 is 11.9 Å². The predicted molar refractivity (Wildman–Crippen MR) is 115 cm³/mol. The maximum Gasteiger partial charge on any atom is 0.325 e. The third-order valence-electron chi connectivity index (χ3n) is 6.25. The summed E-state index contributed by atoms with van der Waals surface area (Å²) in [5.74, 6) is 0.666. The molecule has 0 spiro atoms. The number of rotatable bonds is 8. The van der Waals surface area contributed by atoms with Crippen molar-refractivity contribution in [3.63, 3.8) is 0 Å². The van der Waals surface area contributed by atoms with Crippen LogP contribution in [0, 0.1) is 5.92 Å². The zero-order valence-corrected chi connectivity index (χ0v) is 18.2. The van der Waals surface area contributed by atoms with Crippen LogP contribution in [0.25, 0.3) is 0 Å². The molecule has 2 N–H and O–H groups in total. The zero-order valence-electron chi connectivity index (χ0n) is 18.2. The molecule has 2 fully saturated rings. The summed E-state index contributed by atoms with van der Waals surface area (Å²) < 4.78 is 5.48. The van der Waals surface area contributed by atoms with Gasteiger partial charge in [0, 0.05) is 12.1 Å². The number of piperidine rings is 1. The summed E-state index contributed by atoms with van der Waals surface area (Å²) in [5.41, 5.74) is 0.798. The molecule has 2 saturated heterocycles. The van der Waals surface area contributed by atoms with Gasteiger partial charge in [0.05, 0.1) is 13.2 Å². The van der Waals surface area contributed by atoms with Crippen molar-refractivity contribution in [1.29, 1.82) is 0 Å². The molecule has 1 aromatic rings. The van der Waals surface area contributed by atoms with E-state index in [-0.39, 0.29) is 30.2 Å². The molecule has 3 amide bonds. The quantitative estimate of drug-likeness (QED) is 0.503. The fourth-order valence-corrected chi connectivity index (χ4v) is 4.66. The van der Waals surface area contributed by atoms with Gasteiger partial charge in [-0.15, -0.1) is 0 Å². The van der Waals surface area contributed by atoms with Crippen molar-refractivity contribution in [2.24, 2.45) is 5.92 Å². The molecule has 2 aliphatic rings. The van der Waals surface area contributed by atoms with Crippen molar-refractivity contribution in [3.8, 4) is 11.5 Å². The number of phenolic OH excluding ortho intramolecular Hbond substituents is 1. The Hall–Kier alpha value is -2.54. The number of carbonyl (C=O) groups is 2. The minimum Gasteiger partial charge on any atom is -0.504 e. The minimum absolute atomic E-state index is 0.0914. The summed E-state index contributed by atoms with van der Waals surface area (Å²) in [7, 11) is 0. The van der Waals surface area contributed by atoms with Gasteiger partial charge in [0.15, 0.2) is 11.5 Å². The Morgan fingerprint density at radius 3 is 2.60 bits per heavy atom. The Bertz CT molecular complexity index is 817. The third kappa shape index (κ3) is 4.17. The van der Waals surface area contributed by atoms with Gasteiger partial charge in [-0.25, -0.2) is 4.79 Å². The normalized spacial score (nSPS) is 23.0. The van der Waals surface area contributed by atoms with Crippen LogP contribution in [0.3, 0.4) is 0 Å². The van der Waals surface area contributed by atoms with Crippen LogP contribution in [-0.2, 0) is 11.3 Å². The average Bonchev–Trinajstić information content (AvgIpc) is 2.96. The lowest BCUT2D eigenvalue weighted by atomic mass is 9.75. The van der Waals surface area contributed by atoms with Gasteiger partial charge in [-0.1, -0.05) is 31.2 Å². The summed E-state index contributed by atoms with van der Waals surface area (Å²) in [6.45, 7) is 12.5. The highest BCUT2D eigenvalue weighted by Crippen LogP contribution is 2.37. The maximum absolute atomic E-state index is 13.2. The summed E-state index contributed by atoms with van der Waals surface area (Å²) in [6, 6.07) is 5.25. The minimum atomic E-state index is -0.824. The van der Waals surface area contributed by atoms with Crippen LogP contribution in [0.4, 0.5) is 4.79 Å². The first-order chi connectivity index (χ1) is 14.3. The van der Waals surface area contributed by atoms with E-state index in [4.69, 9.17) is 4.74 Å². The molecule has 0 aliphatic carbocycles. The number of hydrogen-bond donors (Lipinski definition) is 2. The Morgan fingerprint density at radius 1 is 1.30 bits per heavy atom. The number of ether oxygens (including phenoxy) is 1. The van der Waals surface area contributed by atoms with Crippen LogP contribution < -0.4 is 10.1 Å². The van der Waals surface area contributed by atoms with E-state index in [1.165, 1.54) is 4.90 Å². The van der Waals surface area contributed by atoms with Crippen molar-refractivity contribution in [2.75, 3.05) is 26.2 Å². The molecule has 0 aromatic heterocycles.